The summed E-state index contributed by atoms with van der Waals surface area (Å²) in [6.45, 7) is 0.635. The van der Waals surface area contributed by atoms with Crippen molar-refractivity contribution in [2.24, 2.45) is 0 Å². The quantitative estimate of drug-likeness (QED) is 0.876. The summed E-state index contributed by atoms with van der Waals surface area (Å²) in [6.07, 6.45) is 0. The van der Waals surface area contributed by atoms with Gasteiger partial charge in [0.25, 0.3) is 4.74 Å². The van der Waals surface area contributed by atoms with E-state index in [1.54, 1.807) is 7.11 Å². The van der Waals surface area contributed by atoms with Crippen molar-refractivity contribution in [3.8, 4) is 5.75 Å². The van der Waals surface area contributed by atoms with Crippen molar-refractivity contribution in [2.75, 3.05) is 12.4 Å². The Morgan fingerprint density at radius 3 is 2.53 bits per heavy atom. The van der Waals surface area contributed by atoms with Gasteiger partial charge in [0.05, 0.1) is 7.11 Å². The molecule has 1 aromatic carbocycles. The molecule has 1 heterocycles. The lowest BCUT2D eigenvalue weighted by molar-refractivity contribution is 0.414. The maximum Gasteiger partial charge on any atom is 0.263 e. The predicted molar refractivity (Wildman–Crippen MR) is 73.8 cm³/mol. The Bertz CT molecular complexity index is 547. The lowest BCUT2D eigenvalue weighted by Gasteiger charge is -2.05. The summed E-state index contributed by atoms with van der Waals surface area (Å²) in [6, 6.07) is 7.73. The smallest absolute Gasteiger partial charge is 0.263 e. The van der Waals surface area contributed by atoms with E-state index in [1.165, 1.54) is 10.3 Å². The molecule has 2 rings (SSSR count). The Labute approximate surface area is 111 Å². The second kappa shape index (κ2) is 5.53. The number of hydrogen-bond donors (Lipinski definition) is 1. The van der Waals surface area contributed by atoms with Gasteiger partial charge in [0.1, 0.15) is 15.8 Å². The Hall–Kier alpha value is -1.04. The van der Waals surface area contributed by atoms with Crippen molar-refractivity contribution in [1.82, 2.24) is 0 Å². The van der Waals surface area contributed by atoms with E-state index in [-0.39, 0.29) is 9.77 Å². The van der Waals surface area contributed by atoms with Crippen molar-refractivity contribution in [3.63, 3.8) is 0 Å². The topological polar surface area (TPSA) is 38.3 Å². The van der Waals surface area contributed by atoms with Gasteiger partial charge in [0, 0.05) is 6.54 Å². The molecular formula is C11H10ClNO2S2. The highest BCUT2D eigenvalue weighted by molar-refractivity contribution is 7.70. The highest BCUT2D eigenvalue weighted by Gasteiger charge is 2.07. The van der Waals surface area contributed by atoms with E-state index in [0.29, 0.717) is 6.54 Å². The number of anilines is 1. The van der Waals surface area contributed by atoms with Crippen LogP contribution in [0.4, 0.5) is 5.00 Å². The molecule has 0 radical (unpaired) electrons. The molecule has 17 heavy (non-hydrogen) atoms. The molecule has 2 aromatic rings. The standard InChI is InChI=1S/C11H10ClNO2S2/c1-15-8-4-2-7(3-5-8)6-13-10-9(12)11(14)17-16-10/h2-5,13H,6H2,1H3. The fraction of sp³-hybridized carbons (Fsp3) is 0.182. The predicted octanol–water partition coefficient (Wildman–Crippen LogP) is 3.44. The first-order valence-corrected chi connectivity index (χ1v) is 7.39. The Morgan fingerprint density at radius 1 is 1.29 bits per heavy atom. The minimum atomic E-state index is -0.0890. The van der Waals surface area contributed by atoms with Crippen LogP contribution in [0.15, 0.2) is 29.1 Å². The first-order chi connectivity index (χ1) is 8.20. The normalized spacial score (nSPS) is 10.2. The Kier molecular flexibility index (Phi) is 4.04. The molecule has 0 aliphatic carbocycles. The molecule has 0 unspecified atom stereocenters. The summed E-state index contributed by atoms with van der Waals surface area (Å²) in [7, 11) is 4.14. The largest absolute Gasteiger partial charge is 0.497 e. The van der Waals surface area contributed by atoms with Crippen molar-refractivity contribution >= 4 is 37.3 Å². The second-order valence-corrected chi connectivity index (χ2v) is 5.79. The third kappa shape index (κ3) is 3.00. The third-order valence-electron chi connectivity index (χ3n) is 2.19. The van der Waals surface area contributed by atoms with Gasteiger partial charge in [-0.2, -0.15) is 0 Å². The van der Waals surface area contributed by atoms with Gasteiger partial charge in [-0.05, 0) is 28.0 Å². The Balaban J connectivity index is 2.02. The first-order valence-electron chi connectivity index (χ1n) is 4.86. The summed E-state index contributed by atoms with van der Waals surface area (Å²) in [5.74, 6) is 0.826. The van der Waals surface area contributed by atoms with Gasteiger partial charge in [-0.3, -0.25) is 4.79 Å². The maximum atomic E-state index is 11.2. The molecule has 0 saturated heterocycles. The minimum Gasteiger partial charge on any atom is -0.497 e. The van der Waals surface area contributed by atoms with Crippen LogP contribution in [-0.2, 0) is 6.54 Å². The van der Waals surface area contributed by atoms with Gasteiger partial charge in [-0.1, -0.05) is 34.1 Å². The van der Waals surface area contributed by atoms with Crippen LogP contribution in [-0.4, -0.2) is 7.11 Å². The second-order valence-electron chi connectivity index (χ2n) is 3.30. The van der Waals surface area contributed by atoms with Gasteiger partial charge in [0.15, 0.2) is 0 Å². The van der Waals surface area contributed by atoms with Crippen molar-refractivity contribution in [1.29, 1.82) is 0 Å². The average Bonchev–Trinajstić information content (AvgIpc) is 2.68. The van der Waals surface area contributed by atoms with Gasteiger partial charge in [0.2, 0.25) is 0 Å². The molecule has 3 nitrogen and oxygen atoms in total. The zero-order chi connectivity index (χ0) is 12.3. The molecule has 0 amide bonds. The fourth-order valence-corrected chi connectivity index (χ4v) is 3.70. The summed E-state index contributed by atoms with van der Waals surface area (Å²) in [5, 5.41) is 4.16. The van der Waals surface area contributed by atoms with Gasteiger partial charge in [-0.15, -0.1) is 0 Å². The maximum absolute atomic E-state index is 11.2. The highest BCUT2D eigenvalue weighted by Crippen LogP contribution is 2.27. The fourth-order valence-electron chi connectivity index (χ4n) is 1.28. The zero-order valence-corrected chi connectivity index (χ0v) is 11.4. The van der Waals surface area contributed by atoms with Crippen LogP contribution in [0.2, 0.25) is 5.02 Å². The molecule has 90 valence electrons. The lowest BCUT2D eigenvalue weighted by atomic mass is 10.2. The van der Waals surface area contributed by atoms with Crippen molar-refractivity contribution in [3.05, 3.63) is 44.4 Å². The molecule has 0 bridgehead atoms. The van der Waals surface area contributed by atoms with Crippen LogP contribution >= 0.6 is 32.3 Å². The summed E-state index contributed by atoms with van der Waals surface area (Å²) in [4.78, 5) is 11.2. The van der Waals surface area contributed by atoms with Crippen LogP contribution in [0.25, 0.3) is 0 Å². The van der Waals surface area contributed by atoms with E-state index in [4.69, 9.17) is 16.3 Å². The van der Waals surface area contributed by atoms with E-state index in [2.05, 4.69) is 5.32 Å². The van der Waals surface area contributed by atoms with Crippen molar-refractivity contribution in [2.45, 2.75) is 6.54 Å². The molecule has 0 fully saturated rings. The number of hydrogen-bond acceptors (Lipinski definition) is 5. The summed E-state index contributed by atoms with van der Waals surface area (Å²) >= 11 is 5.85. The first kappa shape index (κ1) is 12.4. The van der Waals surface area contributed by atoms with E-state index >= 15 is 0 Å². The van der Waals surface area contributed by atoms with E-state index in [0.717, 1.165) is 26.7 Å². The SMILES string of the molecule is COc1ccc(CNc2ssc(=O)c2Cl)cc1. The lowest BCUT2D eigenvalue weighted by Crippen LogP contribution is -1.99. The number of benzene rings is 1. The zero-order valence-electron chi connectivity index (χ0n) is 9.03. The molecule has 6 heteroatoms. The molecule has 0 saturated carbocycles. The van der Waals surface area contributed by atoms with Gasteiger partial charge >= 0.3 is 0 Å². The number of methoxy groups -OCH3 is 1. The number of halogens is 1. The van der Waals surface area contributed by atoms with Crippen LogP contribution in [0, 0.1) is 0 Å². The van der Waals surface area contributed by atoms with Crippen LogP contribution in [0.3, 0.4) is 0 Å². The summed E-state index contributed by atoms with van der Waals surface area (Å²) in [5.41, 5.74) is 1.10. The molecule has 0 atom stereocenters. The minimum absolute atomic E-state index is 0.0890. The summed E-state index contributed by atoms with van der Waals surface area (Å²) < 4.78 is 4.99. The van der Waals surface area contributed by atoms with Gasteiger partial charge < -0.3 is 10.1 Å². The molecule has 0 aliphatic heterocycles. The number of nitrogens with one attached hydrogen (secondary N) is 1. The molecule has 1 aromatic heterocycles. The van der Waals surface area contributed by atoms with Gasteiger partial charge in [-0.25, -0.2) is 0 Å². The number of ether oxygens (including phenoxy) is 1. The Morgan fingerprint density at radius 2 is 2.00 bits per heavy atom. The third-order valence-corrected chi connectivity index (χ3v) is 4.93. The van der Waals surface area contributed by atoms with Crippen molar-refractivity contribution < 1.29 is 4.74 Å². The van der Waals surface area contributed by atoms with E-state index in [1.807, 2.05) is 24.3 Å². The van der Waals surface area contributed by atoms with Crippen LogP contribution < -0.4 is 14.8 Å². The number of rotatable bonds is 4. The monoisotopic (exact) mass is 287 g/mol. The van der Waals surface area contributed by atoms with Crippen LogP contribution in [0.1, 0.15) is 5.56 Å². The highest BCUT2D eigenvalue weighted by atomic mass is 35.5. The van der Waals surface area contributed by atoms with E-state index in [9.17, 15) is 4.79 Å². The molecule has 0 aliphatic rings. The molecule has 1 N–H and O–H groups in total. The van der Waals surface area contributed by atoms with Crippen LogP contribution in [0.5, 0.6) is 5.75 Å². The molecule has 0 spiro atoms. The average molecular weight is 288 g/mol. The molecular weight excluding hydrogens is 278 g/mol. The van der Waals surface area contributed by atoms with E-state index < -0.39 is 0 Å².